The lowest BCUT2D eigenvalue weighted by atomic mass is 10.1. The van der Waals surface area contributed by atoms with Gasteiger partial charge in [-0.2, -0.15) is 0 Å². The maximum absolute atomic E-state index is 12.4. The number of hydrogen-bond donors (Lipinski definition) is 1. The van der Waals surface area contributed by atoms with Gasteiger partial charge in [0, 0.05) is 31.4 Å². The minimum Gasteiger partial charge on any atom is -0.361 e. The highest BCUT2D eigenvalue weighted by molar-refractivity contribution is 5.96. The molecule has 1 aliphatic carbocycles. The van der Waals surface area contributed by atoms with E-state index in [1.165, 1.54) is 0 Å². The van der Waals surface area contributed by atoms with E-state index in [2.05, 4.69) is 26.9 Å². The summed E-state index contributed by atoms with van der Waals surface area (Å²) in [5, 5.41) is 7.06. The SMILES string of the molecule is Cc1onc(C2CC2)c1C(=O)NC[C@H](C)Cn1ccnc1C. The van der Waals surface area contributed by atoms with Crippen molar-refractivity contribution < 1.29 is 9.32 Å². The zero-order valence-electron chi connectivity index (χ0n) is 13.3. The molecule has 0 bridgehead atoms. The van der Waals surface area contributed by atoms with Crippen LogP contribution in [-0.4, -0.2) is 27.2 Å². The van der Waals surface area contributed by atoms with Crippen LogP contribution in [0.4, 0.5) is 0 Å². The molecule has 1 amide bonds. The minimum absolute atomic E-state index is 0.0742. The molecule has 1 N–H and O–H groups in total. The van der Waals surface area contributed by atoms with Gasteiger partial charge in [-0.1, -0.05) is 12.1 Å². The van der Waals surface area contributed by atoms with Gasteiger partial charge < -0.3 is 14.4 Å². The molecule has 0 aromatic carbocycles. The summed E-state index contributed by atoms with van der Waals surface area (Å²) in [6, 6.07) is 0. The van der Waals surface area contributed by atoms with Gasteiger partial charge in [0.15, 0.2) is 0 Å². The Kier molecular flexibility index (Phi) is 4.00. The lowest BCUT2D eigenvalue weighted by Crippen LogP contribution is -2.30. The highest BCUT2D eigenvalue weighted by Gasteiger charge is 2.33. The summed E-state index contributed by atoms with van der Waals surface area (Å²) in [7, 11) is 0. The number of carbonyl (C=O) groups is 1. The zero-order chi connectivity index (χ0) is 15.7. The standard InChI is InChI=1S/C16H22N4O2/c1-10(9-20-7-6-17-12(20)3)8-18-16(21)14-11(2)22-19-15(14)13-4-5-13/h6-7,10,13H,4-5,8-9H2,1-3H3,(H,18,21)/t10-/m0/s1. The van der Waals surface area contributed by atoms with Gasteiger partial charge in [0.1, 0.15) is 17.1 Å². The van der Waals surface area contributed by atoms with Gasteiger partial charge in [-0.25, -0.2) is 4.98 Å². The number of nitrogens with zero attached hydrogens (tertiary/aromatic N) is 3. The molecule has 22 heavy (non-hydrogen) atoms. The van der Waals surface area contributed by atoms with Crippen LogP contribution in [0.25, 0.3) is 0 Å². The second-order valence-corrected chi connectivity index (χ2v) is 6.22. The van der Waals surface area contributed by atoms with Crippen molar-refractivity contribution in [2.75, 3.05) is 6.54 Å². The number of nitrogens with one attached hydrogen (secondary N) is 1. The van der Waals surface area contributed by atoms with Crippen molar-refractivity contribution >= 4 is 5.91 Å². The Morgan fingerprint density at radius 2 is 2.27 bits per heavy atom. The number of carbonyl (C=O) groups excluding carboxylic acids is 1. The Morgan fingerprint density at radius 1 is 1.50 bits per heavy atom. The van der Waals surface area contributed by atoms with Crippen molar-refractivity contribution in [3.05, 3.63) is 35.2 Å². The van der Waals surface area contributed by atoms with E-state index in [9.17, 15) is 4.79 Å². The van der Waals surface area contributed by atoms with E-state index in [4.69, 9.17) is 4.52 Å². The van der Waals surface area contributed by atoms with E-state index in [0.717, 1.165) is 30.9 Å². The van der Waals surface area contributed by atoms with Gasteiger partial charge in [-0.3, -0.25) is 4.79 Å². The second-order valence-electron chi connectivity index (χ2n) is 6.22. The van der Waals surface area contributed by atoms with E-state index in [1.807, 2.05) is 13.1 Å². The molecule has 0 radical (unpaired) electrons. The van der Waals surface area contributed by atoms with Crippen molar-refractivity contribution in [2.24, 2.45) is 5.92 Å². The molecule has 1 aliphatic rings. The van der Waals surface area contributed by atoms with Crippen LogP contribution in [0, 0.1) is 19.8 Å². The molecule has 2 aromatic heterocycles. The molecular weight excluding hydrogens is 280 g/mol. The lowest BCUT2D eigenvalue weighted by Gasteiger charge is -2.14. The third kappa shape index (κ3) is 3.05. The highest BCUT2D eigenvalue weighted by Crippen LogP contribution is 2.41. The molecule has 0 aliphatic heterocycles. The third-order valence-corrected chi connectivity index (χ3v) is 4.12. The lowest BCUT2D eigenvalue weighted by molar-refractivity contribution is 0.0944. The Morgan fingerprint density at radius 3 is 2.91 bits per heavy atom. The van der Waals surface area contributed by atoms with Crippen molar-refractivity contribution in [1.29, 1.82) is 0 Å². The molecule has 1 fully saturated rings. The predicted octanol–water partition coefficient (Wildman–Crippen LogP) is 2.43. The van der Waals surface area contributed by atoms with Gasteiger partial charge in [0.05, 0.1) is 5.69 Å². The quantitative estimate of drug-likeness (QED) is 0.889. The monoisotopic (exact) mass is 302 g/mol. The Labute approximate surface area is 129 Å². The Bertz CT molecular complexity index is 669. The maximum atomic E-state index is 12.4. The topological polar surface area (TPSA) is 73.0 Å². The smallest absolute Gasteiger partial charge is 0.256 e. The molecule has 0 saturated heterocycles. The summed E-state index contributed by atoms with van der Waals surface area (Å²) in [6.45, 7) is 7.34. The van der Waals surface area contributed by atoms with Gasteiger partial charge in [0.25, 0.3) is 5.91 Å². The second kappa shape index (κ2) is 5.94. The van der Waals surface area contributed by atoms with E-state index in [1.54, 1.807) is 13.1 Å². The first kappa shape index (κ1) is 14.8. The zero-order valence-corrected chi connectivity index (χ0v) is 13.3. The molecule has 6 nitrogen and oxygen atoms in total. The van der Waals surface area contributed by atoms with Crippen LogP contribution in [0.2, 0.25) is 0 Å². The summed E-state index contributed by atoms with van der Waals surface area (Å²) in [4.78, 5) is 16.6. The number of rotatable bonds is 6. The van der Waals surface area contributed by atoms with Crippen molar-refractivity contribution in [3.63, 3.8) is 0 Å². The van der Waals surface area contributed by atoms with Crippen LogP contribution in [0.15, 0.2) is 16.9 Å². The fourth-order valence-corrected chi connectivity index (χ4v) is 2.65. The number of aromatic nitrogens is 3. The third-order valence-electron chi connectivity index (χ3n) is 4.12. The molecule has 2 aromatic rings. The van der Waals surface area contributed by atoms with Crippen LogP contribution >= 0.6 is 0 Å². The Hall–Kier alpha value is -2.11. The van der Waals surface area contributed by atoms with Crippen LogP contribution in [0.5, 0.6) is 0 Å². The van der Waals surface area contributed by atoms with E-state index in [0.29, 0.717) is 29.7 Å². The first-order valence-electron chi connectivity index (χ1n) is 7.78. The fraction of sp³-hybridized carbons (Fsp3) is 0.562. The molecule has 6 heteroatoms. The van der Waals surface area contributed by atoms with Gasteiger partial charge in [-0.15, -0.1) is 0 Å². The van der Waals surface area contributed by atoms with Crippen LogP contribution in [0.1, 0.15) is 53.3 Å². The first-order chi connectivity index (χ1) is 10.6. The molecule has 0 spiro atoms. The number of hydrogen-bond acceptors (Lipinski definition) is 4. The summed E-state index contributed by atoms with van der Waals surface area (Å²) in [5.41, 5.74) is 1.46. The van der Waals surface area contributed by atoms with E-state index >= 15 is 0 Å². The summed E-state index contributed by atoms with van der Waals surface area (Å²) < 4.78 is 7.30. The first-order valence-corrected chi connectivity index (χ1v) is 7.78. The van der Waals surface area contributed by atoms with Gasteiger partial charge in [-0.05, 0) is 32.6 Å². The van der Waals surface area contributed by atoms with Crippen molar-refractivity contribution in [1.82, 2.24) is 20.0 Å². The predicted molar refractivity (Wildman–Crippen MR) is 81.7 cm³/mol. The van der Waals surface area contributed by atoms with Gasteiger partial charge in [0.2, 0.25) is 0 Å². The van der Waals surface area contributed by atoms with E-state index < -0.39 is 0 Å². The summed E-state index contributed by atoms with van der Waals surface area (Å²) >= 11 is 0. The molecule has 118 valence electrons. The molecule has 2 heterocycles. The average molecular weight is 302 g/mol. The van der Waals surface area contributed by atoms with Crippen LogP contribution < -0.4 is 5.32 Å². The van der Waals surface area contributed by atoms with Crippen molar-refractivity contribution in [3.8, 4) is 0 Å². The summed E-state index contributed by atoms with van der Waals surface area (Å²) in [5.74, 6) is 2.25. The number of imidazole rings is 1. The van der Waals surface area contributed by atoms with Crippen LogP contribution in [-0.2, 0) is 6.54 Å². The minimum atomic E-state index is -0.0742. The normalized spacial score (nSPS) is 15.8. The molecule has 0 unspecified atom stereocenters. The maximum Gasteiger partial charge on any atom is 0.256 e. The number of amides is 1. The van der Waals surface area contributed by atoms with Gasteiger partial charge >= 0.3 is 0 Å². The number of aryl methyl sites for hydroxylation is 2. The fourth-order valence-electron chi connectivity index (χ4n) is 2.65. The van der Waals surface area contributed by atoms with Crippen molar-refractivity contribution in [2.45, 2.75) is 46.1 Å². The van der Waals surface area contributed by atoms with Crippen LogP contribution in [0.3, 0.4) is 0 Å². The largest absolute Gasteiger partial charge is 0.361 e. The Balaban J connectivity index is 1.58. The summed E-state index contributed by atoms with van der Waals surface area (Å²) in [6.07, 6.45) is 5.96. The average Bonchev–Trinajstić information content (AvgIpc) is 3.15. The van der Waals surface area contributed by atoms with E-state index in [-0.39, 0.29) is 5.91 Å². The molecule has 3 rings (SSSR count). The molecule has 1 saturated carbocycles. The highest BCUT2D eigenvalue weighted by atomic mass is 16.5. The molecular formula is C16H22N4O2. The molecule has 1 atom stereocenters.